The van der Waals surface area contributed by atoms with Gasteiger partial charge in [-0.15, -0.1) is 23.1 Å². The van der Waals surface area contributed by atoms with Crippen LogP contribution in [0.5, 0.6) is 0 Å². The second-order valence-corrected chi connectivity index (χ2v) is 7.43. The molecule has 0 spiro atoms. The van der Waals surface area contributed by atoms with Crippen LogP contribution in [0.4, 0.5) is 0 Å². The Morgan fingerprint density at radius 1 is 1.53 bits per heavy atom. The molecule has 1 atom stereocenters. The van der Waals surface area contributed by atoms with E-state index in [0.717, 1.165) is 11.5 Å². The van der Waals surface area contributed by atoms with Crippen molar-refractivity contribution in [2.75, 3.05) is 17.3 Å². The molecule has 104 valence electrons. The van der Waals surface area contributed by atoms with Gasteiger partial charge < -0.3 is 10.4 Å². The van der Waals surface area contributed by atoms with Crippen LogP contribution in [0.3, 0.4) is 0 Å². The quantitative estimate of drug-likeness (QED) is 0.841. The molecule has 1 aromatic heterocycles. The van der Waals surface area contributed by atoms with Crippen LogP contribution in [0.15, 0.2) is 17.5 Å². The molecule has 1 amide bonds. The lowest BCUT2D eigenvalue weighted by molar-refractivity contribution is -0.146. The first-order valence-corrected chi connectivity index (χ1v) is 9.03. The zero-order valence-corrected chi connectivity index (χ0v) is 12.7. The zero-order valence-electron chi connectivity index (χ0n) is 10.3. The number of carboxylic acid groups (broad SMARTS) is 1. The van der Waals surface area contributed by atoms with Crippen molar-refractivity contribution in [3.05, 3.63) is 22.4 Å². The van der Waals surface area contributed by atoms with Gasteiger partial charge in [-0.05, 0) is 23.6 Å². The maximum atomic E-state index is 11.8. The number of carbonyl (C=O) groups excluding carboxylic acids is 1. The SMILES string of the molecule is O=C(CSCc1cccs1)NC1(C(=O)O)CCSC1. The fourth-order valence-corrected chi connectivity index (χ4v) is 4.82. The average molecular weight is 317 g/mol. The Morgan fingerprint density at radius 3 is 2.95 bits per heavy atom. The Bertz CT molecular complexity index is 441. The van der Waals surface area contributed by atoms with Crippen LogP contribution in [-0.4, -0.2) is 39.8 Å². The number of carboxylic acids is 1. The Balaban J connectivity index is 1.78. The molecule has 0 aliphatic carbocycles. The summed E-state index contributed by atoms with van der Waals surface area (Å²) < 4.78 is 0. The summed E-state index contributed by atoms with van der Waals surface area (Å²) in [6, 6.07) is 4.01. The molecule has 1 fully saturated rings. The van der Waals surface area contributed by atoms with E-state index in [0.29, 0.717) is 17.9 Å². The lowest BCUT2D eigenvalue weighted by Gasteiger charge is -2.24. The van der Waals surface area contributed by atoms with E-state index in [1.165, 1.54) is 16.6 Å². The third-order valence-corrected chi connectivity index (χ3v) is 6.10. The molecule has 1 saturated heterocycles. The number of thiophene rings is 1. The van der Waals surface area contributed by atoms with Crippen LogP contribution in [0, 0.1) is 0 Å². The lowest BCUT2D eigenvalue weighted by atomic mass is 9.99. The molecular formula is C12H15NO3S3. The second kappa shape index (κ2) is 6.67. The highest BCUT2D eigenvalue weighted by Crippen LogP contribution is 2.28. The van der Waals surface area contributed by atoms with Crippen LogP contribution >= 0.6 is 34.9 Å². The van der Waals surface area contributed by atoms with E-state index < -0.39 is 11.5 Å². The highest BCUT2D eigenvalue weighted by Gasteiger charge is 2.43. The molecule has 7 heteroatoms. The minimum absolute atomic E-state index is 0.188. The summed E-state index contributed by atoms with van der Waals surface area (Å²) in [6.07, 6.45) is 0.508. The number of rotatable bonds is 6. The molecule has 2 N–H and O–H groups in total. The van der Waals surface area contributed by atoms with Crippen molar-refractivity contribution in [2.24, 2.45) is 0 Å². The molecule has 1 aliphatic heterocycles. The molecule has 0 bridgehead atoms. The average Bonchev–Trinajstić information content (AvgIpc) is 3.00. The van der Waals surface area contributed by atoms with Gasteiger partial charge in [-0.3, -0.25) is 4.79 Å². The first-order valence-electron chi connectivity index (χ1n) is 5.85. The van der Waals surface area contributed by atoms with E-state index in [1.54, 1.807) is 23.1 Å². The summed E-state index contributed by atoms with van der Waals surface area (Å²) in [4.78, 5) is 24.3. The third kappa shape index (κ3) is 3.90. The highest BCUT2D eigenvalue weighted by atomic mass is 32.2. The standard InChI is InChI=1S/C12H15NO3S3/c14-10(7-18-6-9-2-1-4-19-9)13-12(11(15)16)3-5-17-8-12/h1-2,4H,3,5-8H2,(H,13,14)(H,15,16). The van der Waals surface area contributed by atoms with E-state index in [9.17, 15) is 14.7 Å². The smallest absolute Gasteiger partial charge is 0.330 e. The molecule has 2 rings (SSSR count). The summed E-state index contributed by atoms with van der Waals surface area (Å²) in [6.45, 7) is 0. The van der Waals surface area contributed by atoms with Gasteiger partial charge in [0.25, 0.3) is 0 Å². The van der Waals surface area contributed by atoms with Gasteiger partial charge in [0.05, 0.1) is 5.75 Å². The number of amides is 1. The van der Waals surface area contributed by atoms with Gasteiger partial charge in [0, 0.05) is 16.4 Å². The maximum absolute atomic E-state index is 11.8. The minimum Gasteiger partial charge on any atom is -0.479 e. The minimum atomic E-state index is -1.05. The fourth-order valence-electron chi connectivity index (χ4n) is 1.83. The van der Waals surface area contributed by atoms with Crippen molar-refractivity contribution >= 4 is 46.7 Å². The Hall–Kier alpha value is -0.660. The van der Waals surface area contributed by atoms with Gasteiger partial charge in [-0.25, -0.2) is 4.79 Å². The van der Waals surface area contributed by atoms with Gasteiger partial charge in [0.15, 0.2) is 0 Å². The van der Waals surface area contributed by atoms with Crippen LogP contribution in [-0.2, 0) is 15.3 Å². The van der Waals surface area contributed by atoms with Crippen molar-refractivity contribution in [3.63, 3.8) is 0 Å². The number of thioether (sulfide) groups is 2. The van der Waals surface area contributed by atoms with E-state index in [1.807, 2.05) is 17.5 Å². The molecule has 1 aromatic rings. The van der Waals surface area contributed by atoms with Crippen molar-refractivity contribution in [1.82, 2.24) is 5.32 Å². The number of aliphatic carboxylic acids is 1. The fraction of sp³-hybridized carbons (Fsp3) is 0.500. The van der Waals surface area contributed by atoms with Crippen molar-refractivity contribution in [1.29, 1.82) is 0 Å². The first kappa shape index (κ1) is 14.7. The normalized spacial score (nSPS) is 22.3. The lowest BCUT2D eigenvalue weighted by Crippen LogP contribution is -2.55. The molecule has 1 aliphatic rings. The topological polar surface area (TPSA) is 66.4 Å². The summed E-state index contributed by atoms with van der Waals surface area (Å²) in [5.41, 5.74) is -1.05. The highest BCUT2D eigenvalue weighted by molar-refractivity contribution is 7.99. The zero-order chi connectivity index (χ0) is 13.7. The molecule has 0 aromatic carbocycles. The van der Waals surface area contributed by atoms with Gasteiger partial charge in [-0.2, -0.15) is 11.8 Å². The van der Waals surface area contributed by atoms with E-state index in [2.05, 4.69) is 5.32 Å². The molecule has 1 unspecified atom stereocenters. The van der Waals surface area contributed by atoms with E-state index in [4.69, 9.17) is 0 Å². The van der Waals surface area contributed by atoms with Crippen molar-refractivity contribution in [2.45, 2.75) is 17.7 Å². The predicted molar refractivity (Wildman–Crippen MR) is 80.9 cm³/mol. The predicted octanol–water partition coefficient (Wildman–Crippen LogP) is 2.06. The Kier molecular flexibility index (Phi) is 5.18. The van der Waals surface area contributed by atoms with E-state index in [-0.39, 0.29) is 5.91 Å². The van der Waals surface area contributed by atoms with Crippen LogP contribution in [0.1, 0.15) is 11.3 Å². The Morgan fingerprint density at radius 2 is 2.37 bits per heavy atom. The number of carbonyl (C=O) groups is 2. The monoisotopic (exact) mass is 317 g/mol. The second-order valence-electron chi connectivity index (χ2n) is 4.31. The van der Waals surface area contributed by atoms with Gasteiger partial charge in [0.2, 0.25) is 5.91 Å². The van der Waals surface area contributed by atoms with Gasteiger partial charge >= 0.3 is 5.97 Å². The van der Waals surface area contributed by atoms with Crippen molar-refractivity contribution < 1.29 is 14.7 Å². The van der Waals surface area contributed by atoms with Gasteiger partial charge in [0.1, 0.15) is 5.54 Å². The summed E-state index contributed by atoms with van der Waals surface area (Å²) >= 11 is 4.75. The molecule has 4 nitrogen and oxygen atoms in total. The molecule has 2 heterocycles. The third-order valence-electron chi connectivity index (χ3n) is 2.87. The van der Waals surface area contributed by atoms with Crippen molar-refractivity contribution in [3.8, 4) is 0 Å². The van der Waals surface area contributed by atoms with Crippen LogP contribution in [0.25, 0.3) is 0 Å². The molecule has 0 radical (unpaired) electrons. The summed E-state index contributed by atoms with van der Waals surface area (Å²) in [5.74, 6) is 1.23. The summed E-state index contributed by atoms with van der Waals surface area (Å²) in [7, 11) is 0. The molecular weight excluding hydrogens is 302 g/mol. The van der Waals surface area contributed by atoms with Crippen LogP contribution < -0.4 is 5.32 Å². The first-order chi connectivity index (χ1) is 9.12. The van der Waals surface area contributed by atoms with Gasteiger partial charge in [-0.1, -0.05) is 6.07 Å². The number of hydrogen-bond acceptors (Lipinski definition) is 5. The largest absolute Gasteiger partial charge is 0.479 e. The Labute approximate surface area is 124 Å². The molecule has 0 saturated carbocycles. The van der Waals surface area contributed by atoms with E-state index >= 15 is 0 Å². The van der Waals surface area contributed by atoms with Crippen LogP contribution in [0.2, 0.25) is 0 Å². The maximum Gasteiger partial charge on any atom is 0.330 e. The number of hydrogen-bond donors (Lipinski definition) is 2. The molecule has 19 heavy (non-hydrogen) atoms. The summed E-state index contributed by atoms with van der Waals surface area (Å²) in [5, 5.41) is 14.0. The number of nitrogens with one attached hydrogen (secondary N) is 1.